The van der Waals surface area contributed by atoms with Crippen LogP contribution in [0.25, 0.3) is 11.1 Å². The van der Waals surface area contributed by atoms with Crippen LogP contribution < -0.4 is 49.5 Å². The Morgan fingerprint density at radius 3 is 2.03 bits per heavy atom. The van der Waals surface area contributed by atoms with Crippen LogP contribution in [0, 0.1) is 17.3 Å². The topological polar surface area (TPSA) is 305 Å². The molecule has 3 aliphatic carbocycles. The summed E-state index contributed by atoms with van der Waals surface area (Å²) < 4.78 is 12.4. The number of carbonyl (C=O) groups excluding carboxylic acids is 6. The zero-order chi connectivity index (χ0) is 44.1. The molecule has 2 aromatic rings. The molecule has 60 heavy (non-hydrogen) atoms. The van der Waals surface area contributed by atoms with Gasteiger partial charge in [0.25, 0.3) is 11.8 Å². The molecular weight excluding hydrogens is 797 g/mol. The summed E-state index contributed by atoms with van der Waals surface area (Å²) in [5.41, 5.74) is 24.8. The molecule has 0 aromatic heterocycles. The Morgan fingerprint density at radius 1 is 0.833 bits per heavy atom. The standard InChI is InChI=1S/C40H57BClN9O9/c1-20(52)31(49-34(55)26(7-5-6-16-43)47-33(54)23-10-8-21(9-11-23)22-12-14-25(42)15-13-22)36(57)50-32(45)37(58)48-27(19-30(44)53)35(56)51-38(46)41-59-29-18-24-17-28(39(24,2)3)40(29,4)60-41/h8-15,20,24,26-29,31-32,38,52H,5-7,16-19,43,45-46H2,1-4H3,(H2,44,53)(H,47,54)(H,48,58)(H,49,55)(H,50,57)(H,51,56)/t20-,24+,26+,27+,28+,29?,31+,32-,38-,40+/m1/s1. The van der Waals surface area contributed by atoms with Crippen LogP contribution in [0.15, 0.2) is 48.5 Å². The van der Waals surface area contributed by atoms with Crippen LogP contribution in [0.4, 0.5) is 0 Å². The predicted octanol–water partition coefficient (Wildman–Crippen LogP) is -0.470. The second kappa shape index (κ2) is 19.4. The van der Waals surface area contributed by atoms with Gasteiger partial charge in [0, 0.05) is 10.6 Å². The van der Waals surface area contributed by atoms with Crippen LogP contribution >= 0.6 is 11.6 Å². The third-order valence-corrected chi connectivity index (χ3v) is 12.4. The summed E-state index contributed by atoms with van der Waals surface area (Å²) in [4.78, 5) is 78.7. The smallest absolute Gasteiger partial charge is 0.403 e. The molecule has 1 unspecified atom stereocenters. The van der Waals surface area contributed by atoms with Gasteiger partial charge in [-0.05, 0) is 105 Å². The predicted molar refractivity (Wildman–Crippen MR) is 223 cm³/mol. The lowest BCUT2D eigenvalue weighted by Gasteiger charge is -2.64. The molecule has 3 saturated carbocycles. The Hall–Kier alpha value is -4.63. The number of hydrogen-bond acceptors (Lipinski definition) is 12. The highest BCUT2D eigenvalue weighted by Crippen LogP contribution is 2.65. The fourth-order valence-electron chi connectivity index (χ4n) is 8.48. The van der Waals surface area contributed by atoms with Crippen LogP contribution in [-0.2, 0) is 33.3 Å². The molecule has 18 nitrogen and oxygen atoms in total. The number of unbranched alkanes of at least 4 members (excludes halogenated alkanes) is 1. The van der Waals surface area contributed by atoms with E-state index in [2.05, 4.69) is 40.4 Å². The summed E-state index contributed by atoms with van der Waals surface area (Å²) in [6.45, 7) is 7.95. The highest BCUT2D eigenvalue weighted by atomic mass is 35.5. The molecule has 4 aliphatic rings. The Morgan fingerprint density at radius 2 is 1.45 bits per heavy atom. The second-order valence-electron chi connectivity index (χ2n) is 16.7. The molecule has 2 bridgehead atoms. The van der Waals surface area contributed by atoms with Crippen molar-refractivity contribution in [3.8, 4) is 11.1 Å². The van der Waals surface area contributed by atoms with E-state index in [9.17, 15) is 33.9 Å². The molecule has 2 aromatic carbocycles. The van der Waals surface area contributed by atoms with Crippen molar-refractivity contribution < 1.29 is 43.2 Å². The van der Waals surface area contributed by atoms with Gasteiger partial charge in [0.1, 0.15) is 24.2 Å². The molecule has 1 heterocycles. The van der Waals surface area contributed by atoms with Crippen molar-refractivity contribution in [3.05, 3.63) is 59.1 Å². The first-order valence-corrected chi connectivity index (χ1v) is 20.5. The third-order valence-electron chi connectivity index (χ3n) is 12.1. The number of hydrogen-bond donors (Lipinski definition) is 10. The molecule has 20 heteroatoms. The molecule has 10 atom stereocenters. The third kappa shape index (κ3) is 10.6. The number of rotatable bonds is 19. The zero-order valence-electron chi connectivity index (χ0n) is 34.2. The molecule has 1 saturated heterocycles. The number of nitrogens with one attached hydrogen (secondary N) is 5. The van der Waals surface area contributed by atoms with Gasteiger partial charge in [-0.15, -0.1) is 0 Å². The number of aliphatic hydroxyl groups excluding tert-OH is 1. The summed E-state index contributed by atoms with van der Waals surface area (Å²) in [6, 6.07) is 8.37. The van der Waals surface area contributed by atoms with Crippen molar-refractivity contribution in [2.24, 2.45) is 40.2 Å². The Balaban J connectivity index is 1.17. The van der Waals surface area contributed by atoms with Crippen LogP contribution in [0.2, 0.25) is 5.02 Å². The van der Waals surface area contributed by atoms with Crippen molar-refractivity contribution in [2.75, 3.05) is 6.54 Å². The monoisotopic (exact) mass is 853 g/mol. The van der Waals surface area contributed by atoms with Gasteiger partial charge in [-0.1, -0.05) is 49.7 Å². The lowest BCUT2D eigenvalue weighted by molar-refractivity contribution is -0.199. The fraction of sp³-hybridized carbons (Fsp3) is 0.550. The highest BCUT2D eigenvalue weighted by Gasteiger charge is 2.68. The minimum atomic E-state index is -1.83. The van der Waals surface area contributed by atoms with Crippen molar-refractivity contribution in [3.63, 3.8) is 0 Å². The van der Waals surface area contributed by atoms with E-state index in [0.29, 0.717) is 30.3 Å². The molecule has 0 spiro atoms. The van der Waals surface area contributed by atoms with Gasteiger partial charge >= 0.3 is 7.12 Å². The van der Waals surface area contributed by atoms with Gasteiger partial charge in [-0.3, -0.25) is 28.8 Å². The van der Waals surface area contributed by atoms with Gasteiger partial charge in [-0.25, -0.2) is 0 Å². The minimum Gasteiger partial charge on any atom is -0.403 e. The van der Waals surface area contributed by atoms with E-state index in [1.165, 1.54) is 6.92 Å². The number of amides is 6. The van der Waals surface area contributed by atoms with Gasteiger partial charge in [-0.2, -0.15) is 0 Å². The van der Waals surface area contributed by atoms with Gasteiger partial charge in [0.15, 0.2) is 6.17 Å². The van der Waals surface area contributed by atoms with Gasteiger partial charge in [0.05, 0.1) is 24.2 Å². The van der Waals surface area contributed by atoms with Crippen molar-refractivity contribution >= 4 is 54.2 Å². The normalized spacial score (nSPS) is 24.2. The van der Waals surface area contributed by atoms with E-state index in [1.54, 1.807) is 36.4 Å². The quantitative estimate of drug-likeness (QED) is 0.0488. The molecule has 0 radical (unpaired) electrons. The van der Waals surface area contributed by atoms with Crippen molar-refractivity contribution in [1.82, 2.24) is 26.6 Å². The summed E-state index contributed by atoms with van der Waals surface area (Å²) in [7, 11) is -1.00. The average Bonchev–Trinajstić information content (AvgIpc) is 3.56. The highest BCUT2D eigenvalue weighted by molar-refractivity contribution is 6.47. The number of benzene rings is 2. The van der Waals surface area contributed by atoms with Crippen LogP contribution in [0.3, 0.4) is 0 Å². The number of nitrogens with two attached hydrogens (primary N) is 4. The summed E-state index contributed by atoms with van der Waals surface area (Å²) in [5.74, 6) is -4.62. The van der Waals surface area contributed by atoms with E-state index in [0.717, 1.165) is 24.0 Å². The van der Waals surface area contributed by atoms with E-state index >= 15 is 0 Å². The maximum atomic E-state index is 13.6. The summed E-state index contributed by atoms with van der Waals surface area (Å²) in [5, 5.41) is 23.3. The largest absolute Gasteiger partial charge is 0.497 e. The number of halogens is 1. The molecule has 6 amide bonds. The first-order chi connectivity index (χ1) is 28.2. The van der Waals surface area contributed by atoms with E-state index in [-0.39, 0.29) is 29.4 Å². The van der Waals surface area contributed by atoms with Crippen molar-refractivity contribution in [1.29, 1.82) is 0 Å². The molecule has 1 aliphatic heterocycles. The maximum Gasteiger partial charge on any atom is 0.497 e. The Labute approximate surface area is 354 Å². The average molecular weight is 854 g/mol. The Bertz CT molecular complexity index is 1910. The van der Waals surface area contributed by atoms with E-state index in [1.807, 2.05) is 19.1 Å². The first kappa shape index (κ1) is 46.4. The fourth-order valence-corrected chi connectivity index (χ4v) is 8.61. The number of aliphatic hydroxyl groups is 1. The Kier molecular flexibility index (Phi) is 15.0. The number of carbonyl (C=O) groups is 6. The SMILES string of the molecule is C[C@@H](O)[C@H](NC(=O)[C@H](CCCCN)NC(=O)c1ccc(-c2ccc(Cl)cc2)cc1)C(=O)N[C@@H](N)C(=O)N[C@@H](CC(N)=O)C(=O)N[C@@H](N)B1OC2C[C@@H]3C[C@@H](C3(C)C)[C@]2(C)O1. The zero-order valence-corrected chi connectivity index (χ0v) is 35.0. The lowest BCUT2D eigenvalue weighted by Crippen LogP contribution is -2.65. The van der Waals surface area contributed by atoms with Gasteiger partial charge < -0.3 is 63.9 Å². The molecule has 4 fully saturated rings. The van der Waals surface area contributed by atoms with Crippen LogP contribution in [-0.4, -0.2) is 102 Å². The molecule has 6 rings (SSSR count). The molecule has 326 valence electrons. The molecular formula is C40H57BClN9O9. The summed E-state index contributed by atoms with van der Waals surface area (Å²) in [6.07, 6.45) is -1.26. The van der Waals surface area contributed by atoms with Crippen LogP contribution in [0.5, 0.6) is 0 Å². The van der Waals surface area contributed by atoms with E-state index in [4.69, 9.17) is 43.8 Å². The first-order valence-electron chi connectivity index (χ1n) is 20.1. The second-order valence-corrected chi connectivity index (χ2v) is 17.1. The lowest BCUT2D eigenvalue weighted by atomic mass is 9.43. The van der Waals surface area contributed by atoms with E-state index < -0.39 is 91.0 Å². The number of primary amides is 1. The maximum absolute atomic E-state index is 13.6. The summed E-state index contributed by atoms with van der Waals surface area (Å²) >= 11 is 5.99. The minimum absolute atomic E-state index is 0.0708. The van der Waals surface area contributed by atoms with Crippen LogP contribution in [0.1, 0.15) is 76.6 Å². The molecule has 14 N–H and O–H groups in total. The van der Waals surface area contributed by atoms with Gasteiger partial charge in [0.2, 0.25) is 23.6 Å². The van der Waals surface area contributed by atoms with Crippen molar-refractivity contribution in [2.45, 2.75) is 114 Å².